The molecule has 1 rings (SSSR count). The summed E-state index contributed by atoms with van der Waals surface area (Å²) < 4.78 is 5.72. The quantitative estimate of drug-likeness (QED) is 0.746. The Labute approximate surface area is 127 Å². The van der Waals surface area contributed by atoms with Gasteiger partial charge in [-0.3, -0.25) is 9.69 Å². The van der Waals surface area contributed by atoms with Crippen molar-refractivity contribution in [2.24, 2.45) is 5.73 Å². The summed E-state index contributed by atoms with van der Waals surface area (Å²) in [7, 11) is 3.56. The van der Waals surface area contributed by atoms with Gasteiger partial charge in [0.1, 0.15) is 12.4 Å². The average Bonchev–Trinajstić information content (AvgIpc) is 2.48. The number of rotatable bonds is 9. The molecule has 0 spiro atoms. The molecule has 0 fully saturated rings. The summed E-state index contributed by atoms with van der Waals surface area (Å²) in [5.74, 6) is 0.957. The topological polar surface area (TPSA) is 58.8 Å². The second kappa shape index (κ2) is 9.37. The van der Waals surface area contributed by atoms with Gasteiger partial charge in [-0.15, -0.1) is 0 Å². The minimum absolute atomic E-state index is 0.121. The first-order chi connectivity index (χ1) is 10.1. The molecule has 21 heavy (non-hydrogen) atoms. The maximum atomic E-state index is 11.8. The molecular weight excluding hydrogens is 266 g/mol. The van der Waals surface area contributed by atoms with Gasteiger partial charge in [-0.05, 0) is 30.7 Å². The van der Waals surface area contributed by atoms with Crippen LogP contribution in [0.25, 0.3) is 0 Å². The number of amides is 1. The molecular formula is C16H27N3O2. The molecule has 0 aliphatic rings. The molecule has 0 saturated carbocycles. The summed E-state index contributed by atoms with van der Waals surface area (Å²) in [6, 6.07) is 7.79. The van der Waals surface area contributed by atoms with E-state index in [0.29, 0.717) is 19.7 Å². The molecule has 1 aromatic rings. The van der Waals surface area contributed by atoms with Crippen LogP contribution in [0.4, 0.5) is 0 Å². The zero-order chi connectivity index (χ0) is 15.7. The van der Waals surface area contributed by atoms with Gasteiger partial charge in [-0.1, -0.05) is 19.1 Å². The fourth-order valence-electron chi connectivity index (χ4n) is 1.93. The molecule has 0 saturated heterocycles. The van der Waals surface area contributed by atoms with Gasteiger partial charge in [-0.25, -0.2) is 0 Å². The number of carbonyl (C=O) groups excluding carboxylic acids is 1. The summed E-state index contributed by atoms with van der Waals surface area (Å²) in [5.41, 5.74) is 6.65. The molecule has 0 unspecified atom stereocenters. The molecule has 0 aromatic heterocycles. The molecule has 5 heteroatoms. The lowest BCUT2D eigenvalue weighted by Crippen LogP contribution is -2.39. The third kappa shape index (κ3) is 6.60. The zero-order valence-electron chi connectivity index (χ0n) is 13.3. The van der Waals surface area contributed by atoms with Crippen LogP contribution in [0.3, 0.4) is 0 Å². The number of nitrogens with zero attached hydrogens (tertiary/aromatic N) is 2. The fraction of sp³-hybridized carbons (Fsp3) is 0.562. The van der Waals surface area contributed by atoms with Crippen LogP contribution < -0.4 is 10.5 Å². The Bertz CT molecular complexity index is 418. The highest BCUT2D eigenvalue weighted by Gasteiger charge is 2.11. The number of hydrogen-bond donors (Lipinski definition) is 1. The van der Waals surface area contributed by atoms with Crippen molar-refractivity contribution in [3.63, 3.8) is 0 Å². The van der Waals surface area contributed by atoms with E-state index in [-0.39, 0.29) is 5.91 Å². The highest BCUT2D eigenvalue weighted by Crippen LogP contribution is 2.11. The number of ether oxygens (including phenoxy) is 1. The molecule has 1 aromatic carbocycles. The van der Waals surface area contributed by atoms with E-state index in [9.17, 15) is 4.79 Å². The van der Waals surface area contributed by atoms with Crippen LogP contribution in [-0.2, 0) is 11.3 Å². The van der Waals surface area contributed by atoms with E-state index in [0.717, 1.165) is 30.8 Å². The molecule has 0 aliphatic carbocycles. The molecule has 0 atom stereocenters. The maximum absolute atomic E-state index is 11.8. The smallest absolute Gasteiger partial charge is 0.236 e. The van der Waals surface area contributed by atoms with Crippen molar-refractivity contribution in [2.75, 3.05) is 40.3 Å². The minimum atomic E-state index is 0.121. The van der Waals surface area contributed by atoms with Crippen molar-refractivity contribution >= 4 is 5.91 Å². The van der Waals surface area contributed by atoms with Crippen LogP contribution in [0.1, 0.15) is 18.9 Å². The first kappa shape index (κ1) is 17.5. The summed E-state index contributed by atoms with van der Waals surface area (Å²) in [6.45, 7) is 5.30. The summed E-state index contributed by atoms with van der Waals surface area (Å²) in [4.78, 5) is 15.5. The van der Waals surface area contributed by atoms with E-state index >= 15 is 0 Å². The minimum Gasteiger partial charge on any atom is -0.492 e. The van der Waals surface area contributed by atoms with Gasteiger partial charge in [0.05, 0.1) is 6.54 Å². The van der Waals surface area contributed by atoms with E-state index in [1.54, 1.807) is 19.0 Å². The molecule has 2 N–H and O–H groups in total. The Hall–Kier alpha value is -1.59. The molecule has 0 heterocycles. The van der Waals surface area contributed by atoms with Crippen LogP contribution in [0.15, 0.2) is 24.3 Å². The lowest BCUT2D eigenvalue weighted by Gasteiger charge is -2.23. The van der Waals surface area contributed by atoms with Gasteiger partial charge in [0.15, 0.2) is 0 Å². The molecule has 0 radical (unpaired) electrons. The fourth-order valence-corrected chi connectivity index (χ4v) is 1.93. The van der Waals surface area contributed by atoms with E-state index in [2.05, 4.69) is 11.8 Å². The lowest BCUT2D eigenvalue weighted by molar-refractivity contribution is -0.130. The summed E-state index contributed by atoms with van der Waals surface area (Å²) in [6.07, 6.45) is 1.02. The SMILES string of the molecule is CCCN(CCOc1ccc(CN)cc1)CC(=O)N(C)C. The number of hydrogen-bond acceptors (Lipinski definition) is 4. The van der Waals surface area contributed by atoms with Crippen LogP contribution >= 0.6 is 0 Å². The third-order valence-electron chi connectivity index (χ3n) is 3.23. The Morgan fingerprint density at radius 1 is 1.19 bits per heavy atom. The highest BCUT2D eigenvalue weighted by molar-refractivity contribution is 5.77. The lowest BCUT2D eigenvalue weighted by atomic mass is 10.2. The van der Waals surface area contributed by atoms with Crippen LogP contribution in [-0.4, -0.2) is 56.0 Å². The molecule has 0 aliphatic heterocycles. The second-order valence-electron chi connectivity index (χ2n) is 5.26. The molecule has 0 bridgehead atoms. The Morgan fingerprint density at radius 2 is 1.86 bits per heavy atom. The van der Waals surface area contributed by atoms with Crippen molar-refractivity contribution in [3.8, 4) is 5.75 Å². The van der Waals surface area contributed by atoms with Gasteiger partial charge in [0.2, 0.25) is 5.91 Å². The zero-order valence-corrected chi connectivity index (χ0v) is 13.3. The first-order valence-electron chi connectivity index (χ1n) is 7.41. The monoisotopic (exact) mass is 293 g/mol. The first-order valence-corrected chi connectivity index (χ1v) is 7.41. The molecule has 5 nitrogen and oxygen atoms in total. The van der Waals surface area contributed by atoms with Crippen LogP contribution in [0.2, 0.25) is 0 Å². The largest absolute Gasteiger partial charge is 0.492 e. The van der Waals surface area contributed by atoms with Gasteiger partial charge in [-0.2, -0.15) is 0 Å². The summed E-state index contributed by atoms with van der Waals surface area (Å²) >= 11 is 0. The van der Waals surface area contributed by atoms with Crippen molar-refractivity contribution in [2.45, 2.75) is 19.9 Å². The molecule has 1 amide bonds. The Morgan fingerprint density at radius 3 is 2.38 bits per heavy atom. The van der Waals surface area contributed by atoms with Gasteiger partial charge >= 0.3 is 0 Å². The van der Waals surface area contributed by atoms with Crippen molar-refractivity contribution in [1.82, 2.24) is 9.80 Å². The normalized spacial score (nSPS) is 10.7. The number of likely N-dealkylation sites (N-methyl/N-ethyl adjacent to an activating group) is 1. The van der Waals surface area contributed by atoms with Crippen molar-refractivity contribution in [1.29, 1.82) is 0 Å². The van der Waals surface area contributed by atoms with Gasteiger partial charge < -0.3 is 15.4 Å². The maximum Gasteiger partial charge on any atom is 0.236 e. The number of carbonyl (C=O) groups is 1. The summed E-state index contributed by atoms with van der Waals surface area (Å²) in [5, 5.41) is 0. The van der Waals surface area contributed by atoms with Crippen molar-refractivity contribution < 1.29 is 9.53 Å². The Balaban J connectivity index is 2.39. The highest BCUT2D eigenvalue weighted by atomic mass is 16.5. The molecule has 118 valence electrons. The predicted octanol–water partition coefficient (Wildman–Crippen LogP) is 1.32. The van der Waals surface area contributed by atoms with Gasteiger partial charge in [0, 0.05) is 27.2 Å². The third-order valence-corrected chi connectivity index (χ3v) is 3.23. The van der Waals surface area contributed by atoms with E-state index in [1.165, 1.54) is 0 Å². The van der Waals surface area contributed by atoms with E-state index < -0.39 is 0 Å². The number of nitrogens with two attached hydrogens (primary N) is 1. The van der Waals surface area contributed by atoms with Crippen molar-refractivity contribution in [3.05, 3.63) is 29.8 Å². The van der Waals surface area contributed by atoms with E-state index in [1.807, 2.05) is 24.3 Å². The second-order valence-corrected chi connectivity index (χ2v) is 5.26. The standard InChI is InChI=1S/C16H27N3O2/c1-4-9-19(13-16(20)18(2)3)10-11-21-15-7-5-14(12-17)6-8-15/h5-8H,4,9-13,17H2,1-3H3. The van der Waals surface area contributed by atoms with Crippen LogP contribution in [0, 0.1) is 0 Å². The van der Waals surface area contributed by atoms with Crippen LogP contribution in [0.5, 0.6) is 5.75 Å². The Kier molecular flexibility index (Phi) is 7.79. The van der Waals surface area contributed by atoms with E-state index in [4.69, 9.17) is 10.5 Å². The average molecular weight is 293 g/mol. The van der Waals surface area contributed by atoms with Gasteiger partial charge in [0.25, 0.3) is 0 Å². The number of benzene rings is 1. The predicted molar refractivity (Wildman–Crippen MR) is 85.3 cm³/mol.